The fourth-order valence-corrected chi connectivity index (χ4v) is 2.58. The van der Waals surface area contributed by atoms with E-state index in [1.807, 2.05) is 23.0 Å². The molecule has 0 saturated heterocycles. The quantitative estimate of drug-likeness (QED) is 0.895. The molecule has 1 heterocycles. The second-order valence-corrected chi connectivity index (χ2v) is 4.66. The molecule has 1 N–H and O–H groups in total. The lowest BCUT2D eigenvalue weighted by molar-refractivity contribution is 0.484. The highest BCUT2D eigenvalue weighted by molar-refractivity contribution is 5.34. The third-order valence-electron chi connectivity index (χ3n) is 3.47. The topological polar surface area (TPSA) is 29.9 Å². The predicted molar refractivity (Wildman–Crippen MR) is 67.7 cm³/mol. The molecule has 0 aliphatic heterocycles. The Morgan fingerprint density at radius 1 is 1.44 bits per heavy atom. The molecular formula is C14H16FN3. The van der Waals surface area contributed by atoms with Gasteiger partial charge in [0, 0.05) is 25.0 Å². The molecule has 2 aromatic rings. The molecule has 3 rings (SSSR count). The number of benzene rings is 1. The lowest BCUT2D eigenvalue weighted by Crippen LogP contribution is -2.24. The fourth-order valence-electron chi connectivity index (χ4n) is 2.58. The van der Waals surface area contributed by atoms with Crippen LogP contribution in [0.15, 0.2) is 36.7 Å². The van der Waals surface area contributed by atoms with E-state index in [2.05, 4.69) is 10.4 Å². The third-order valence-corrected chi connectivity index (χ3v) is 3.47. The number of rotatable bonds is 4. The molecule has 1 aromatic heterocycles. The number of aromatic nitrogens is 2. The molecule has 0 spiro atoms. The van der Waals surface area contributed by atoms with E-state index in [1.54, 1.807) is 18.3 Å². The summed E-state index contributed by atoms with van der Waals surface area (Å²) in [6, 6.07) is 7.39. The number of aryl methyl sites for hydroxylation is 1. The first-order valence-corrected chi connectivity index (χ1v) is 6.32. The zero-order valence-corrected chi connectivity index (χ0v) is 10.1. The van der Waals surface area contributed by atoms with Crippen molar-refractivity contribution < 1.29 is 4.39 Å². The van der Waals surface area contributed by atoms with Crippen LogP contribution in [-0.4, -0.2) is 16.3 Å². The van der Waals surface area contributed by atoms with Crippen molar-refractivity contribution in [1.82, 2.24) is 15.1 Å². The SMILES string of the molecule is Fc1ccc2c(c1)CCC2NCCn1cccn1. The molecule has 1 unspecified atom stereocenters. The van der Waals surface area contributed by atoms with E-state index in [0.29, 0.717) is 6.04 Å². The number of hydrogen-bond donors (Lipinski definition) is 1. The van der Waals surface area contributed by atoms with Crippen LogP contribution in [0.1, 0.15) is 23.6 Å². The smallest absolute Gasteiger partial charge is 0.123 e. The van der Waals surface area contributed by atoms with Crippen LogP contribution in [0.4, 0.5) is 4.39 Å². The molecule has 4 heteroatoms. The summed E-state index contributed by atoms with van der Waals surface area (Å²) in [5.74, 6) is -0.133. The van der Waals surface area contributed by atoms with Gasteiger partial charge in [0.2, 0.25) is 0 Å². The first-order valence-electron chi connectivity index (χ1n) is 6.32. The maximum Gasteiger partial charge on any atom is 0.123 e. The minimum absolute atomic E-state index is 0.133. The lowest BCUT2D eigenvalue weighted by Gasteiger charge is -2.14. The Morgan fingerprint density at radius 2 is 2.39 bits per heavy atom. The van der Waals surface area contributed by atoms with Gasteiger partial charge >= 0.3 is 0 Å². The van der Waals surface area contributed by atoms with Crippen molar-refractivity contribution in [2.75, 3.05) is 6.54 Å². The summed E-state index contributed by atoms with van der Waals surface area (Å²) in [5, 5.41) is 7.68. The van der Waals surface area contributed by atoms with Crippen LogP contribution in [0, 0.1) is 5.82 Å². The van der Waals surface area contributed by atoms with E-state index in [9.17, 15) is 4.39 Å². The first-order chi connectivity index (χ1) is 8.83. The van der Waals surface area contributed by atoms with E-state index >= 15 is 0 Å². The molecule has 0 saturated carbocycles. The van der Waals surface area contributed by atoms with Gasteiger partial charge in [0.15, 0.2) is 0 Å². The van der Waals surface area contributed by atoms with Crippen LogP contribution in [0.25, 0.3) is 0 Å². The molecule has 0 fully saturated rings. The summed E-state index contributed by atoms with van der Waals surface area (Å²) >= 11 is 0. The van der Waals surface area contributed by atoms with Gasteiger partial charge in [0.1, 0.15) is 5.82 Å². The molecule has 1 aliphatic rings. The highest BCUT2D eigenvalue weighted by Gasteiger charge is 2.21. The molecule has 1 aromatic carbocycles. The molecule has 3 nitrogen and oxygen atoms in total. The summed E-state index contributed by atoms with van der Waals surface area (Å²) in [7, 11) is 0. The molecule has 0 bridgehead atoms. The van der Waals surface area contributed by atoms with Crippen molar-refractivity contribution in [3.63, 3.8) is 0 Å². The molecule has 0 amide bonds. The van der Waals surface area contributed by atoms with Crippen molar-refractivity contribution in [2.24, 2.45) is 0 Å². The summed E-state index contributed by atoms with van der Waals surface area (Å²) in [5.41, 5.74) is 2.39. The molecule has 0 radical (unpaired) electrons. The van der Waals surface area contributed by atoms with Crippen molar-refractivity contribution in [1.29, 1.82) is 0 Å². The second kappa shape index (κ2) is 4.90. The van der Waals surface area contributed by atoms with Crippen LogP contribution in [0.5, 0.6) is 0 Å². The summed E-state index contributed by atoms with van der Waals surface area (Å²) in [6.45, 7) is 1.74. The maximum absolute atomic E-state index is 13.1. The monoisotopic (exact) mass is 245 g/mol. The molecular weight excluding hydrogens is 229 g/mol. The van der Waals surface area contributed by atoms with Crippen molar-refractivity contribution in [3.05, 3.63) is 53.6 Å². The van der Waals surface area contributed by atoms with Gasteiger partial charge in [-0.2, -0.15) is 5.10 Å². The van der Waals surface area contributed by atoms with Crippen molar-refractivity contribution >= 4 is 0 Å². The number of hydrogen-bond acceptors (Lipinski definition) is 2. The Bertz CT molecular complexity index is 522. The highest BCUT2D eigenvalue weighted by atomic mass is 19.1. The Hall–Kier alpha value is -1.68. The van der Waals surface area contributed by atoms with Gasteiger partial charge < -0.3 is 5.32 Å². The zero-order valence-electron chi connectivity index (χ0n) is 10.1. The summed E-state index contributed by atoms with van der Waals surface area (Å²) in [4.78, 5) is 0. The normalized spacial score (nSPS) is 17.9. The molecule has 18 heavy (non-hydrogen) atoms. The molecule has 1 aliphatic carbocycles. The van der Waals surface area contributed by atoms with Gasteiger partial charge in [0.25, 0.3) is 0 Å². The van der Waals surface area contributed by atoms with Crippen molar-refractivity contribution in [2.45, 2.75) is 25.4 Å². The second-order valence-electron chi connectivity index (χ2n) is 4.66. The van der Waals surface area contributed by atoms with Crippen molar-refractivity contribution in [3.8, 4) is 0 Å². The summed E-state index contributed by atoms with van der Waals surface area (Å²) < 4.78 is 15.0. The van der Waals surface area contributed by atoms with Crippen LogP contribution >= 0.6 is 0 Å². The Kier molecular flexibility index (Phi) is 3.11. The Morgan fingerprint density at radius 3 is 3.22 bits per heavy atom. The van der Waals surface area contributed by atoms with Crippen LogP contribution in [0.3, 0.4) is 0 Å². The average molecular weight is 245 g/mol. The van der Waals surface area contributed by atoms with Crippen LogP contribution in [-0.2, 0) is 13.0 Å². The maximum atomic E-state index is 13.1. The van der Waals surface area contributed by atoms with Gasteiger partial charge in [-0.3, -0.25) is 4.68 Å². The van der Waals surface area contributed by atoms with Gasteiger partial charge in [-0.15, -0.1) is 0 Å². The standard InChI is InChI=1S/C14H16FN3/c15-12-3-4-13-11(10-12)2-5-14(13)16-7-9-18-8-1-6-17-18/h1,3-4,6,8,10,14,16H,2,5,7,9H2. The minimum atomic E-state index is -0.133. The Balaban J connectivity index is 1.59. The highest BCUT2D eigenvalue weighted by Crippen LogP contribution is 2.31. The predicted octanol–water partition coefficient (Wildman–Crippen LogP) is 2.30. The van der Waals surface area contributed by atoms with Gasteiger partial charge in [-0.1, -0.05) is 6.07 Å². The van der Waals surface area contributed by atoms with E-state index in [-0.39, 0.29) is 5.82 Å². The number of nitrogens with zero attached hydrogens (tertiary/aromatic N) is 2. The van der Waals surface area contributed by atoms with Crippen LogP contribution in [0.2, 0.25) is 0 Å². The van der Waals surface area contributed by atoms with Gasteiger partial charge in [-0.25, -0.2) is 4.39 Å². The summed E-state index contributed by atoms with van der Waals surface area (Å²) in [6.07, 6.45) is 5.76. The lowest BCUT2D eigenvalue weighted by atomic mass is 10.1. The first kappa shape index (κ1) is 11.4. The third kappa shape index (κ3) is 2.29. The van der Waals surface area contributed by atoms with E-state index in [1.165, 1.54) is 5.56 Å². The van der Waals surface area contributed by atoms with Gasteiger partial charge in [-0.05, 0) is 42.2 Å². The zero-order chi connectivity index (χ0) is 12.4. The van der Waals surface area contributed by atoms with E-state index in [0.717, 1.165) is 31.5 Å². The molecule has 1 atom stereocenters. The largest absolute Gasteiger partial charge is 0.308 e. The number of fused-ring (bicyclic) bond motifs is 1. The van der Waals surface area contributed by atoms with E-state index in [4.69, 9.17) is 0 Å². The number of halogens is 1. The fraction of sp³-hybridized carbons (Fsp3) is 0.357. The minimum Gasteiger partial charge on any atom is -0.308 e. The van der Waals surface area contributed by atoms with Crippen LogP contribution < -0.4 is 5.32 Å². The van der Waals surface area contributed by atoms with Gasteiger partial charge in [0.05, 0.1) is 6.54 Å². The molecule has 94 valence electrons. The van der Waals surface area contributed by atoms with E-state index < -0.39 is 0 Å². The average Bonchev–Trinajstić information content (AvgIpc) is 2.99. The number of nitrogens with one attached hydrogen (secondary N) is 1. The Labute approximate surface area is 106 Å².